The first-order chi connectivity index (χ1) is 13.9. The highest BCUT2D eigenvalue weighted by Crippen LogP contribution is 2.34. The molecule has 0 spiro atoms. The minimum atomic E-state index is -0.417. The van der Waals surface area contributed by atoms with Crippen LogP contribution in [-0.2, 0) is 0 Å². The predicted molar refractivity (Wildman–Crippen MR) is 113 cm³/mol. The second-order valence-corrected chi connectivity index (χ2v) is 7.32. The summed E-state index contributed by atoms with van der Waals surface area (Å²) in [5.41, 5.74) is 4.11. The quantitative estimate of drug-likeness (QED) is 0.624. The average Bonchev–Trinajstić information content (AvgIpc) is 2.95. The van der Waals surface area contributed by atoms with Crippen molar-refractivity contribution >= 4 is 40.7 Å². The minimum absolute atomic E-state index is 0.192. The van der Waals surface area contributed by atoms with E-state index >= 15 is 0 Å². The fourth-order valence-electron chi connectivity index (χ4n) is 3.26. The number of rotatable bonds is 3. The number of nitrogens with one attached hydrogen (secondary N) is 1. The summed E-state index contributed by atoms with van der Waals surface area (Å²) in [4.78, 5) is 38.9. The monoisotopic (exact) mass is 404 g/mol. The van der Waals surface area contributed by atoms with E-state index in [2.05, 4.69) is 5.32 Å². The van der Waals surface area contributed by atoms with Gasteiger partial charge in [-0.25, -0.2) is 4.90 Å². The summed E-state index contributed by atoms with van der Waals surface area (Å²) in [6.45, 7) is 3.93. The molecule has 0 saturated heterocycles. The molecular weight excluding hydrogens is 388 g/mol. The largest absolute Gasteiger partial charge is 0.322 e. The van der Waals surface area contributed by atoms with E-state index in [9.17, 15) is 14.4 Å². The van der Waals surface area contributed by atoms with Crippen LogP contribution in [0.2, 0.25) is 5.02 Å². The van der Waals surface area contributed by atoms with E-state index in [1.807, 2.05) is 26.0 Å². The molecule has 4 rings (SSSR count). The van der Waals surface area contributed by atoms with Gasteiger partial charge in [0.05, 0.1) is 21.8 Å². The maximum atomic E-state index is 12.6. The van der Waals surface area contributed by atoms with Gasteiger partial charge in [0.25, 0.3) is 17.7 Å². The van der Waals surface area contributed by atoms with Crippen molar-refractivity contribution in [1.29, 1.82) is 0 Å². The predicted octanol–water partition coefficient (Wildman–Crippen LogP) is 5.01. The van der Waals surface area contributed by atoms with Crippen molar-refractivity contribution in [3.05, 3.63) is 93.5 Å². The number of benzene rings is 3. The highest BCUT2D eigenvalue weighted by atomic mass is 35.5. The number of halogens is 1. The number of hydrogen-bond acceptors (Lipinski definition) is 3. The Balaban J connectivity index is 1.59. The molecule has 0 radical (unpaired) electrons. The molecule has 0 aliphatic carbocycles. The second kappa shape index (κ2) is 7.18. The molecule has 1 heterocycles. The molecule has 3 aromatic rings. The van der Waals surface area contributed by atoms with Crippen molar-refractivity contribution in [3.63, 3.8) is 0 Å². The third-order valence-corrected chi connectivity index (χ3v) is 5.31. The standard InChI is InChI=1S/C23H17ClN2O3/c1-13-7-8-15(11-14(13)2)21(27)25-16-9-10-20(19(24)12-16)26-22(28)17-5-3-4-6-18(17)23(26)29/h3-12H,1-2H3,(H,25,27). The Morgan fingerprint density at radius 1 is 0.862 bits per heavy atom. The van der Waals surface area contributed by atoms with Crippen LogP contribution in [0, 0.1) is 13.8 Å². The summed E-state index contributed by atoms with van der Waals surface area (Å²) in [5.74, 6) is -1.10. The van der Waals surface area contributed by atoms with Crippen LogP contribution in [-0.4, -0.2) is 17.7 Å². The van der Waals surface area contributed by atoms with Gasteiger partial charge in [0, 0.05) is 11.3 Å². The van der Waals surface area contributed by atoms with E-state index in [1.54, 1.807) is 42.5 Å². The number of carbonyl (C=O) groups is 3. The molecule has 5 nitrogen and oxygen atoms in total. The van der Waals surface area contributed by atoms with Gasteiger partial charge in [-0.05, 0) is 67.4 Å². The summed E-state index contributed by atoms with van der Waals surface area (Å²) in [6, 6.07) is 16.8. The first-order valence-electron chi connectivity index (χ1n) is 9.03. The highest BCUT2D eigenvalue weighted by Gasteiger charge is 2.37. The van der Waals surface area contributed by atoms with Crippen molar-refractivity contribution in [1.82, 2.24) is 0 Å². The summed E-state index contributed by atoms with van der Waals surface area (Å²) < 4.78 is 0. The van der Waals surface area contributed by atoms with Crippen molar-refractivity contribution in [2.75, 3.05) is 10.2 Å². The van der Waals surface area contributed by atoms with E-state index in [4.69, 9.17) is 11.6 Å². The van der Waals surface area contributed by atoms with Gasteiger partial charge in [0.2, 0.25) is 0 Å². The number of anilines is 2. The van der Waals surface area contributed by atoms with E-state index in [0.29, 0.717) is 22.4 Å². The zero-order valence-electron chi connectivity index (χ0n) is 15.8. The highest BCUT2D eigenvalue weighted by molar-refractivity contribution is 6.40. The Morgan fingerprint density at radius 2 is 1.52 bits per heavy atom. The van der Waals surface area contributed by atoms with Crippen LogP contribution in [0.4, 0.5) is 11.4 Å². The van der Waals surface area contributed by atoms with Crippen LogP contribution in [0.3, 0.4) is 0 Å². The number of carbonyl (C=O) groups excluding carboxylic acids is 3. The molecular formula is C23H17ClN2O3. The Labute approximate surface area is 172 Å². The molecule has 0 aromatic heterocycles. The Morgan fingerprint density at radius 3 is 2.10 bits per heavy atom. The van der Waals surface area contributed by atoms with Gasteiger partial charge in [-0.15, -0.1) is 0 Å². The molecule has 1 aliphatic rings. The van der Waals surface area contributed by atoms with Crippen LogP contribution < -0.4 is 10.2 Å². The molecule has 0 saturated carbocycles. The fourth-order valence-corrected chi connectivity index (χ4v) is 3.53. The molecule has 3 amide bonds. The van der Waals surface area contributed by atoms with E-state index in [-0.39, 0.29) is 16.6 Å². The number of fused-ring (bicyclic) bond motifs is 1. The number of imide groups is 1. The topological polar surface area (TPSA) is 66.5 Å². The first-order valence-corrected chi connectivity index (χ1v) is 9.40. The van der Waals surface area contributed by atoms with Crippen molar-refractivity contribution in [2.24, 2.45) is 0 Å². The second-order valence-electron chi connectivity index (χ2n) is 6.91. The lowest BCUT2D eigenvalue weighted by Crippen LogP contribution is -2.29. The first kappa shape index (κ1) is 18.9. The summed E-state index contributed by atoms with van der Waals surface area (Å²) in [7, 11) is 0. The van der Waals surface area contributed by atoms with E-state index < -0.39 is 11.8 Å². The maximum Gasteiger partial charge on any atom is 0.266 e. The average molecular weight is 405 g/mol. The summed E-state index contributed by atoms with van der Waals surface area (Å²) in [6.07, 6.45) is 0. The van der Waals surface area contributed by atoms with Crippen LogP contribution in [0.5, 0.6) is 0 Å². The summed E-state index contributed by atoms with van der Waals surface area (Å²) in [5, 5.41) is 2.98. The van der Waals surface area contributed by atoms with Crippen LogP contribution >= 0.6 is 11.6 Å². The van der Waals surface area contributed by atoms with E-state index in [1.165, 1.54) is 6.07 Å². The fraction of sp³-hybridized carbons (Fsp3) is 0.0870. The van der Waals surface area contributed by atoms with E-state index in [0.717, 1.165) is 16.0 Å². The molecule has 3 aromatic carbocycles. The summed E-state index contributed by atoms with van der Waals surface area (Å²) >= 11 is 6.36. The SMILES string of the molecule is Cc1ccc(C(=O)Nc2ccc(N3C(=O)c4ccccc4C3=O)c(Cl)c2)cc1C. The van der Waals surface area contributed by atoms with Crippen LogP contribution in [0.25, 0.3) is 0 Å². The third-order valence-electron chi connectivity index (χ3n) is 5.01. The van der Waals surface area contributed by atoms with Gasteiger partial charge in [0.15, 0.2) is 0 Å². The lowest BCUT2D eigenvalue weighted by atomic mass is 10.1. The van der Waals surface area contributed by atoms with Gasteiger partial charge in [-0.2, -0.15) is 0 Å². The van der Waals surface area contributed by atoms with Gasteiger partial charge in [-0.3, -0.25) is 14.4 Å². The molecule has 1 N–H and O–H groups in total. The number of aryl methyl sites for hydroxylation is 2. The lowest BCUT2D eigenvalue weighted by molar-refractivity contribution is 0.0924. The van der Waals surface area contributed by atoms with Gasteiger partial charge < -0.3 is 5.32 Å². The lowest BCUT2D eigenvalue weighted by Gasteiger charge is -2.16. The molecule has 29 heavy (non-hydrogen) atoms. The van der Waals surface area contributed by atoms with Gasteiger partial charge in [-0.1, -0.05) is 29.8 Å². The van der Waals surface area contributed by atoms with Gasteiger partial charge in [0.1, 0.15) is 0 Å². The minimum Gasteiger partial charge on any atom is -0.322 e. The number of amides is 3. The molecule has 0 unspecified atom stereocenters. The molecule has 0 fully saturated rings. The smallest absolute Gasteiger partial charge is 0.266 e. The molecule has 6 heteroatoms. The normalized spacial score (nSPS) is 12.9. The third kappa shape index (κ3) is 3.30. The Kier molecular flexibility index (Phi) is 4.68. The van der Waals surface area contributed by atoms with Crippen molar-refractivity contribution < 1.29 is 14.4 Å². The zero-order valence-corrected chi connectivity index (χ0v) is 16.6. The van der Waals surface area contributed by atoms with Crippen LogP contribution in [0.15, 0.2) is 60.7 Å². The zero-order chi connectivity index (χ0) is 20.7. The Hall–Kier alpha value is -3.44. The van der Waals surface area contributed by atoms with Gasteiger partial charge >= 0.3 is 0 Å². The van der Waals surface area contributed by atoms with Crippen molar-refractivity contribution in [2.45, 2.75) is 13.8 Å². The maximum absolute atomic E-state index is 12.6. The Bertz CT molecular complexity index is 1150. The molecule has 0 atom stereocenters. The van der Waals surface area contributed by atoms with Crippen molar-refractivity contribution in [3.8, 4) is 0 Å². The molecule has 1 aliphatic heterocycles. The molecule has 0 bridgehead atoms. The van der Waals surface area contributed by atoms with Crippen LogP contribution in [0.1, 0.15) is 42.2 Å². The number of hydrogen-bond donors (Lipinski definition) is 1. The molecule has 144 valence electrons. The number of nitrogens with zero attached hydrogens (tertiary/aromatic N) is 1.